The molecule has 1 N–H and O–H groups in total. The molecule has 0 aliphatic carbocycles. The van der Waals surface area contributed by atoms with Crippen molar-refractivity contribution in [2.24, 2.45) is 5.92 Å². The van der Waals surface area contributed by atoms with Crippen molar-refractivity contribution in [2.75, 3.05) is 46.9 Å². The van der Waals surface area contributed by atoms with Gasteiger partial charge in [-0.25, -0.2) is 0 Å². The summed E-state index contributed by atoms with van der Waals surface area (Å²) in [6.45, 7) is 5.62. The number of piperidine rings is 1. The number of ether oxygens (including phenoxy) is 2. The van der Waals surface area contributed by atoms with Gasteiger partial charge in [0.05, 0.1) is 12.2 Å². The predicted octanol–water partition coefficient (Wildman–Crippen LogP) is 0.753. The summed E-state index contributed by atoms with van der Waals surface area (Å²) in [5.74, 6) is 0.856. The van der Waals surface area contributed by atoms with Crippen molar-refractivity contribution in [3.05, 3.63) is 0 Å². The highest BCUT2D eigenvalue weighted by Crippen LogP contribution is 2.20. The first-order valence-electron chi connectivity index (χ1n) is 6.32. The summed E-state index contributed by atoms with van der Waals surface area (Å²) in [7, 11) is 3.56. The summed E-state index contributed by atoms with van der Waals surface area (Å²) in [6.07, 6.45) is 3.14. The average molecular weight is 265 g/mol. The number of hydrogen-bond donors (Lipinski definition) is 1. The lowest BCUT2D eigenvalue weighted by Crippen LogP contribution is -2.35. The van der Waals surface area contributed by atoms with Crippen molar-refractivity contribution < 1.29 is 9.47 Å². The molecule has 17 heavy (non-hydrogen) atoms. The molecule has 2 rings (SSSR count). The fourth-order valence-corrected chi connectivity index (χ4v) is 2.85. The molecule has 5 heteroatoms. The number of halogens is 1. The largest absolute Gasteiger partial charge is 0.377 e. The number of nitrogens with one attached hydrogen (secondary N) is 1. The Kier molecular flexibility index (Phi) is 6.74. The van der Waals surface area contributed by atoms with E-state index in [9.17, 15) is 0 Å². The molecular formula is C12H25ClN2O2. The Morgan fingerprint density at radius 1 is 1.06 bits per heavy atom. The molecule has 2 atom stereocenters. The fourth-order valence-electron chi connectivity index (χ4n) is 2.85. The number of methoxy groups -OCH3 is 2. The molecule has 0 aromatic carbocycles. The molecule has 102 valence electrons. The molecule has 2 aliphatic rings. The lowest BCUT2D eigenvalue weighted by Gasteiger charge is -2.27. The molecule has 2 saturated heterocycles. The van der Waals surface area contributed by atoms with Crippen LogP contribution < -0.4 is 5.32 Å². The molecule has 0 amide bonds. The molecule has 2 heterocycles. The highest BCUT2D eigenvalue weighted by atomic mass is 35.5. The van der Waals surface area contributed by atoms with Crippen LogP contribution in [0.1, 0.15) is 12.8 Å². The molecule has 0 aromatic heterocycles. The summed E-state index contributed by atoms with van der Waals surface area (Å²) >= 11 is 0. The Morgan fingerprint density at radius 3 is 2.06 bits per heavy atom. The second kappa shape index (κ2) is 7.54. The summed E-state index contributed by atoms with van der Waals surface area (Å²) < 4.78 is 10.9. The minimum Gasteiger partial charge on any atom is -0.377 e. The van der Waals surface area contributed by atoms with E-state index >= 15 is 0 Å². The van der Waals surface area contributed by atoms with E-state index < -0.39 is 0 Å². The van der Waals surface area contributed by atoms with Crippen molar-refractivity contribution in [1.29, 1.82) is 0 Å². The summed E-state index contributed by atoms with van der Waals surface area (Å²) in [5.41, 5.74) is 0. The predicted molar refractivity (Wildman–Crippen MR) is 70.9 cm³/mol. The summed E-state index contributed by atoms with van der Waals surface area (Å²) in [5, 5.41) is 3.41. The quantitative estimate of drug-likeness (QED) is 0.813. The van der Waals surface area contributed by atoms with Gasteiger partial charge in [0.1, 0.15) is 0 Å². The Hall–Kier alpha value is 0.130. The van der Waals surface area contributed by atoms with Crippen LogP contribution in [0, 0.1) is 5.92 Å². The maximum absolute atomic E-state index is 5.46. The van der Waals surface area contributed by atoms with Crippen molar-refractivity contribution >= 4 is 12.4 Å². The Balaban J connectivity index is 0.00000144. The second-order valence-electron chi connectivity index (χ2n) is 4.96. The molecule has 0 unspecified atom stereocenters. The third kappa shape index (κ3) is 4.07. The average Bonchev–Trinajstić information content (AvgIpc) is 2.72. The van der Waals surface area contributed by atoms with Crippen LogP contribution >= 0.6 is 12.4 Å². The van der Waals surface area contributed by atoms with E-state index in [-0.39, 0.29) is 24.6 Å². The standard InChI is InChI=1S/C12H24N2O2.ClH/c1-15-11-8-14(9-12(11)16-2)7-10-3-5-13-6-4-10;/h10-13H,3-9H2,1-2H3;1H/t11-,12+;. The topological polar surface area (TPSA) is 33.7 Å². The summed E-state index contributed by atoms with van der Waals surface area (Å²) in [6, 6.07) is 0. The van der Waals surface area contributed by atoms with Gasteiger partial charge in [0.15, 0.2) is 0 Å². The maximum atomic E-state index is 5.46. The van der Waals surface area contributed by atoms with Gasteiger partial charge in [0.2, 0.25) is 0 Å². The molecule has 0 radical (unpaired) electrons. The van der Waals surface area contributed by atoms with E-state index in [1.165, 1.54) is 32.5 Å². The molecular weight excluding hydrogens is 240 g/mol. The van der Waals surface area contributed by atoms with Gasteiger partial charge in [-0.2, -0.15) is 0 Å². The van der Waals surface area contributed by atoms with Gasteiger partial charge in [-0.05, 0) is 31.8 Å². The number of likely N-dealkylation sites (tertiary alicyclic amines) is 1. The van der Waals surface area contributed by atoms with Gasteiger partial charge in [-0.1, -0.05) is 0 Å². The van der Waals surface area contributed by atoms with E-state index in [0.717, 1.165) is 19.0 Å². The number of nitrogens with zero attached hydrogens (tertiary/aromatic N) is 1. The van der Waals surface area contributed by atoms with Gasteiger partial charge in [0, 0.05) is 33.9 Å². The Bertz CT molecular complexity index is 201. The van der Waals surface area contributed by atoms with Crippen molar-refractivity contribution in [3.63, 3.8) is 0 Å². The van der Waals surface area contributed by atoms with Crippen LogP contribution in [0.25, 0.3) is 0 Å². The Morgan fingerprint density at radius 2 is 1.59 bits per heavy atom. The van der Waals surface area contributed by atoms with Gasteiger partial charge < -0.3 is 14.8 Å². The highest BCUT2D eigenvalue weighted by molar-refractivity contribution is 5.85. The monoisotopic (exact) mass is 264 g/mol. The van der Waals surface area contributed by atoms with Crippen molar-refractivity contribution in [2.45, 2.75) is 25.0 Å². The van der Waals surface area contributed by atoms with Crippen LogP contribution in [0.15, 0.2) is 0 Å². The fraction of sp³-hybridized carbons (Fsp3) is 1.00. The molecule has 2 fully saturated rings. The van der Waals surface area contributed by atoms with Crippen LogP contribution in [0.4, 0.5) is 0 Å². The molecule has 2 aliphatic heterocycles. The molecule has 0 aromatic rings. The zero-order valence-electron chi connectivity index (χ0n) is 10.9. The van der Waals surface area contributed by atoms with Gasteiger partial charge in [-0.3, -0.25) is 4.90 Å². The van der Waals surface area contributed by atoms with Crippen LogP contribution in [-0.2, 0) is 9.47 Å². The summed E-state index contributed by atoms with van der Waals surface area (Å²) in [4.78, 5) is 2.50. The highest BCUT2D eigenvalue weighted by Gasteiger charge is 2.33. The van der Waals surface area contributed by atoms with Crippen LogP contribution in [0.3, 0.4) is 0 Å². The lowest BCUT2D eigenvalue weighted by atomic mass is 9.98. The van der Waals surface area contributed by atoms with Crippen LogP contribution in [-0.4, -0.2) is 64.1 Å². The molecule has 0 saturated carbocycles. The Labute approximate surface area is 110 Å². The minimum atomic E-state index is 0. The van der Waals surface area contributed by atoms with E-state index in [2.05, 4.69) is 10.2 Å². The normalized spacial score (nSPS) is 31.4. The first-order valence-corrected chi connectivity index (χ1v) is 6.32. The zero-order valence-corrected chi connectivity index (χ0v) is 11.7. The minimum absolute atomic E-state index is 0. The van der Waals surface area contributed by atoms with Gasteiger partial charge in [-0.15, -0.1) is 12.4 Å². The van der Waals surface area contributed by atoms with Gasteiger partial charge in [0.25, 0.3) is 0 Å². The van der Waals surface area contributed by atoms with Gasteiger partial charge >= 0.3 is 0 Å². The van der Waals surface area contributed by atoms with E-state index in [1.54, 1.807) is 14.2 Å². The van der Waals surface area contributed by atoms with Crippen LogP contribution in [0.5, 0.6) is 0 Å². The molecule has 0 spiro atoms. The third-order valence-electron chi connectivity index (χ3n) is 3.87. The first-order chi connectivity index (χ1) is 7.83. The van der Waals surface area contributed by atoms with Crippen molar-refractivity contribution in [3.8, 4) is 0 Å². The SMILES string of the molecule is CO[C@H]1CN(CC2CCNCC2)C[C@H]1OC.Cl. The van der Waals surface area contributed by atoms with Crippen LogP contribution in [0.2, 0.25) is 0 Å². The molecule has 0 bridgehead atoms. The molecule has 4 nitrogen and oxygen atoms in total. The third-order valence-corrected chi connectivity index (χ3v) is 3.87. The first kappa shape index (κ1) is 15.2. The smallest absolute Gasteiger partial charge is 0.0971 e. The van der Waals surface area contributed by atoms with E-state index in [4.69, 9.17) is 9.47 Å². The van der Waals surface area contributed by atoms with Crippen molar-refractivity contribution in [1.82, 2.24) is 10.2 Å². The van der Waals surface area contributed by atoms with E-state index in [1.807, 2.05) is 0 Å². The maximum Gasteiger partial charge on any atom is 0.0971 e. The van der Waals surface area contributed by atoms with E-state index in [0.29, 0.717) is 0 Å². The second-order valence-corrected chi connectivity index (χ2v) is 4.96. The zero-order chi connectivity index (χ0) is 11.4. The number of rotatable bonds is 4. The lowest BCUT2D eigenvalue weighted by molar-refractivity contribution is -0.00461. The number of hydrogen-bond acceptors (Lipinski definition) is 4.